The first-order valence-electron chi connectivity index (χ1n) is 6.66. The highest BCUT2D eigenvalue weighted by molar-refractivity contribution is 5.02. The lowest BCUT2D eigenvalue weighted by Crippen LogP contribution is -2.36. The van der Waals surface area contributed by atoms with Crippen LogP contribution in [0.15, 0.2) is 24.4 Å². The highest BCUT2D eigenvalue weighted by Gasteiger charge is 2.12. The highest BCUT2D eigenvalue weighted by Crippen LogP contribution is 2.10. The van der Waals surface area contributed by atoms with Crippen LogP contribution in [-0.4, -0.2) is 36.1 Å². The Balaban J connectivity index is 1.68. The summed E-state index contributed by atoms with van der Waals surface area (Å²) in [5.41, 5.74) is 1.16. The summed E-state index contributed by atoms with van der Waals surface area (Å²) in [6, 6.07) is 6.85. The van der Waals surface area contributed by atoms with E-state index in [1.807, 2.05) is 12.3 Å². The number of aromatic nitrogens is 1. The van der Waals surface area contributed by atoms with Crippen LogP contribution in [0.2, 0.25) is 0 Å². The maximum Gasteiger partial charge on any atom is 0.0543 e. The number of piperidine rings is 1. The molecule has 1 N–H and O–H groups in total. The van der Waals surface area contributed by atoms with Gasteiger partial charge in [0.15, 0.2) is 0 Å². The van der Waals surface area contributed by atoms with E-state index in [-0.39, 0.29) is 0 Å². The van der Waals surface area contributed by atoms with Crippen molar-refractivity contribution in [1.82, 2.24) is 15.2 Å². The summed E-state index contributed by atoms with van der Waals surface area (Å²) in [4.78, 5) is 6.72. The van der Waals surface area contributed by atoms with E-state index in [9.17, 15) is 0 Å². The van der Waals surface area contributed by atoms with Crippen molar-refractivity contribution in [3.63, 3.8) is 0 Å². The molecule has 0 spiro atoms. The molecule has 1 aromatic rings. The fourth-order valence-electron chi connectivity index (χ4n) is 2.39. The molecule has 1 atom stereocenters. The van der Waals surface area contributed by atoms with Gasteiger partial charge in [0.1, 0.15) is 0 Å². The molecule has 1 aliphatic rings. The minimum atomic E-state index is 0.731. The Bertz CT molecular complexity index is 307. The number of hydrogen-bond donors (Lipinski definition) is 1. The summed E-state index contributed by atoms with van der Waals surface area (Å²) in [5, 5.41) is 3.60. The molecule has 0 saturated carbocycles. The van der Waals surface area contributed by atoms with Gasteiger partial charge in [-0.2, -0.15) is 0 Å². The fourth-order valence-corrected chi connectivity index (χ4v) is 2.39. The van der Waals surface area contributed by atoms with Gasteiger partial charge in [0.05, 0.1) is 5.69 Å². The van der Waals surface area contributed by atoms with Crippen LogP contribution in [0.1, 0.15) is 31.4 Å². The molecule has 0 aromatic carbocycles. The van der Waals surface area contributed by atoms with Gasteiger partial charge in [-0.3, -0.25) is 4.98 Å². The van der Waals surface area contributed by atoms with E-state index >= 15 is 0 Å². The van der Waals surface area contributed by atoms with Crippen molar-refractivity contribution in [2.75, 3.05) is 20.1 Å². The molecule has 3 nitrogen and oxygen atoms in total. The van der Waals surface area contributed by atoms with Gasteiger partial charge in [0, 0.05) is 18.8 Å². The van der Waals surface area contributed by atoms with Crippen LogP contribution in [0.3, 0.4) is 0 Å². The highest BCUT2D eigenvalue weighted by atomic mass is 15.1. The molecule has 2 heterocycles. The molecule has 1 unspecified atom stereocenters. The van der Waals surface area contributed by atoms with Crippen LogP contribution in [0, 0.1) is 0 Å². The molecule has 1 fully saturated rings. The van der Waals surface area contributed by atoms with E-state index in [0.29, 0.717) is 0 Å². The Labute approximate surface area is 104 Å². The summed E-state index contributed by atoms with van der Waals surface area (Å²) < 4.78 is 0. The number of nitrogens with one attached hydrogen (secondary N) is 1. The zero-order chi connectivity index (χ0) is 11.9. The maximum atomic E-state index is 4.36. The van der Waals surface area contributed by atoms with Crippen molar-refractivity contribution in [1.29, 1.82) is 0 Å². The molecule has 1 aromatic heterocycles. The predicted octanol–water partition coefficient (Wildman–Crippen LogP) is 2.05. The standard InChI is InChI=1S/C14H23N3/c1-17(12-14-7-3-5-10-16-14)11-8-13-6-2-4-9-15-13/h3,5,7,10,13,15H,2,4,6,8-9,11-12H2,1H3. The number of rotatable bonds is 5. The van der Waals surface area contributed by atoms with Gasteiger partial charge in [-0.25, -0.2) is 0 Å². The summed E-state index contributed by atoms with van der Waals surface area (Å²) in [6.45, 7) is 3.30. The third-order valence-corrected chi connectivity index (χ3v) is 3.43. The molecule has 1 saturated heterocycles. The van der Waals surface area contributed by atoms with Gasteiger partial charge in [-0.05, 0) is 51.5 Å². The van der Waals surface area contributed by atoms with E-state index in [1.54, 1.807) is 0 Å². The lowest BCUT2D eigenvalue weighted by molar-refractivity contribution is 0.279. The summed E-state index contributed by atoms with van der Waals surface area (Å²) in [5.74, 6) is 0. The smallest absolute Gasteiger partial charge is 0.0543 e. The van der Waals surface area contributed by atoms with Crippen LogP contribution in [0.4, 0.5) is 0 Å². The van der Waals surface area contributed by atoms with Crippen LogP contribution >= 0.6 is 0 Å². The average Bonchev–Trinajstić information content (AvgIpc) is 2.39. The van der Waals surface area contributed by atoms with Gasteiger partial charge in [-0.1, -0.05) is 12.5 Å². The Kier molecular flexibility index (Phi) is 4.95. The molecule has 94 valence electrons. The molecule has 0 amide bonds. The van der Waals surface area contributed by atoms with Crippen molar-refractivity contribution in [3.8, 4) is 0 Å². The first-order valence-corrected chi connectivity index (χ1v) is 6.66. The zero-order valence-corrected chi connectivity index (χ0v) is 10.7. The fraction of sp³-hybridized carbons (Fsp3) is 0.643. The normalized spacial score (nSPS) is 20.7. The lowest BCUT2D eigenvalue weighted by atomic mass is 10.0. The molecule has 3 heteroatoms. The maximum absolute atomic E-state index is 4.36. The molecule has 0 bridgehead atoms. The number of hydrogen-bond acceptors (Lipinski definition) is 3. The van der Waals surface area contributed by atoms with E-state index in [4.69, 9.17) is 0 Å². The number of pyridine rings is 1. The molecular weight excluding hydrogens is 210 g/mol. The van der Waals surface area contributed by atoms with Crippen molar-refractivity contribution in [3.05, 3.63) is 30.1 Å². The second-order valence-electron chi connectivity index (χ2n) is 4.99. The summed E-state index contributed by atoms with van der Waals surface area (Å²) >= 11 is 0. The van der Waals surface area contributed by atoms with Gasteiger partial charge >= 0.3 is 0 Å². The molecule has 2 rings (SSSR count). The van der Waals surface area contributed by atoms with E-state index < -0.39 is 0 Å². The van der Waals surface area contributed by atoms with Gasteiger partial charge in [-0.15, -0.1) is 0 Å². The van der Waals surface area contributed by atoms with Crippen LogP contribution in [0.5, 0.6) is 0 Å². The van der Waals surface area contributed by atoms with Crippen molar-refractivity contribution < 1.29 is 0 Å². The predicted molar refractivity (Wildman–Crippen MR) is 70.8 cm³/mol. The zero-order valence-electron chi connectivity index (χ0n) is 10.7. The Morgan fingerprint density at radius 3 is 3.06 bits per heavy atom. The summed E-state index contributed by atoms with van der Waals surface area (Å²) in [6.07, 6.45) is 7.20. The first-order chi connectivity index (χ1) is 8.34. The minimum absolute atomic E-state index is 0.731. The van der Waals surface area contributed by atoms with Gasteiger partial charge in [0.2, 0.25) is 0 Å². The topological polar surface area (TPSA) is 28.2 Å². The quantitative estimate of drug-likeness (QED) is 0.843. The molecular formula is C14H23N3. The van der Waals surface area contributed by atoms with Crippen molar-refractivity contribution in [2.45, 2.75) is 38.3 Å². The molecule has 1 aliphatic heterocycles. The molecule has 0 aliphatic carbocycles. The summed E-state index contributed by atoms with van der Waals surface area (Å²) in [7, 11) is 2.18. The first kappa shape index (κ1) is 12.5. The second kappa shape index (κ2) is 6.72. The monoisotopic (exact) mass is 233 g/mol. The van der Waals surface area contributed by atoms with E-state index in [0.717, 1.165) is 24.8 Å². The van der Waals surface area contributed by atoms with E-state index in [1.165, 1.54) is 32.2 Å². The Hall–Kier alpha value is -0.930. The van der Waals surface area contributed by atoms with Crippen LogP contribution in [0.25, 0.3) is 0 Å². The van der Waals surface area contributed by atoms with Crippen molar-refractivity contribution in [2.24, 2.45) is 0 Å². The van der Waals surface area contributed by atoms with E-state index in [2.05, 4.69) is 34.4 Å². The van der Waals surface area contributed by atoms with Gasteiger partial charge in [0.25, 0.3) is 0 Å². The van der Waals surface area contributed by atoms with Crippen LogP contribution < -0.4 is 5.32 Å². The number of nitrogens with zero attached hydrogens (tertiary/aromatic N) is 2. The van der Waals surface area contributed by atoms with Crippen molar-refractivity contribution >= 4 is 0 Å². The minimum Gasteiger partial charge on any atom is -0.314 e. The Morgan fingerprint density at radius 2 is 2.35 bits per heavy atom. The average molecular weight is 233 g/mol. The van der Waals surface area contributed by atoms with Gasteiger partial charge < -0.3 is 10.2 Å². The third-order valence-electron chi connectivity index (χ3n) is 3.43. The molecule has 17 heavy (non-hydrogen) atoms. The molecule has 0 radical (unpaired) electrons. The second-order valence-corrected chi connectivity index (χ2v) is 4.99. The Morgan fingerprint density at radius 1 is 1.41 bits per heavy atom. The largest absolute Gasteiger partial charge is 0.314 e. The third kappa shape index (κ3) is 4.44. The lowest BCUT2D eigenvalue weighted by Gasteiger charge is -2.25. The van der Waals surface area contributed by atoms with Crippen LogP contribution in [-0.2, 0) is 6.54 Å². The SMILES string of the molecule is CN(CCC1CCCCN1)Cc1ccccn1.